The molecule has 0 fully saturated rings. The number of rotatable bonds is 5. The molecule has 1 amide bonds. The minimum Gasteiger partial charge on any atom is -0.481 e. The van der Waals surface area contributed by atoms with Gasteiger partial charge in [-0.3, -0.25) is 14.2 Å². The molecule has 1 N–H and O–H groups in total. The third kappa shape index (κ3) is 3.34. The maximum Gasteiger partial charge on any atom is 0.247 e. The first kappa shape index (κ1) is 16.7. The fourth-order valence-electron chi connectivity index (χ4n) is 2.88. The van der Waals surface area contributed by atoms with Crippen LogP contribution >= 0.6 is 0 Å². The second kappa shape index (κ2) is 6.87. The van der Waals surface area contributed by atoms with Gasteiger partial charge in [0.05, 0.1) is 25.0 Å². The van der Waals surface area contributed by atoms with Crippen molar-refractivity contribution in [3.63, 3.8) is 0 Å². The van der Waals surface area contributed by atoms with Gasteiger partial charge in [0, 0.05) is 24.2 Å². The molecule has 9 nitrogen and oxygen atoms in total. The van der Waals surface area contributed by atoms with E-state index in [1.165, 1.54) is 4.68 Å². The van der Waals surface area contributed by atoms with Crippen molar-refractivity contribution in [2.24, 2.45) is 7.05 Å². The Kier molecular flexibility index (Phi) is 4.25. The summed E-state index contributed by atoms with van der Waals surface area (Å²) in [4.78, 5) is 16.5. The summed E-state index contributed by atoms with van der Waals surface area (Å²) in [6.07, 6.45) is 5.05. The van der Waals surface area contributed by atoms with E-state index >= 15 is 0 Å². The quantitative estimate of drug-likeness (QED) is 0.581. The Morgan fingerprint density at radius 2 is 2.19 bits per heavy atom. The van der Waals surface area contributed by atoms with E-state index in [9.17, 15) is 4.79 Å². The largest absolute Gasteiger partial charge is 0.481 e. The molecule has 9 heteroatoms. The van der Waals surface area contributed by atoms with Crippen molar-refractivity contribution in [2.45, 2.75) is 6.54 Å². The van der Waals surface area contributed by atoms with E-state index < -0.39 is 0 Å². The van der Waals surface area contributed by atoms with Crippen LogP contribution in [0, 0.1) is 0 Å². The Bertz CT molecular complexity index is 1120. The predicted octanol–water partition coefficient (Wildman–Crippen LogP) is 1.87. The predicted molar refractivity (Wildman–Crippen MR) is 99.1 cm³/mol. The lowest BCUT2D eigenvalue weighted by Gasteiger charge is -2.08. The van der Waals surface area contributed by atoms with E-state index in [2.05, 4.69) is 25.7 Å². The van der Waals surface area contributed by atoms with Crippen molar-refractivity contribution in [1.82, 2.24) is 29.8 Å². The Hall–Kier alpha value is -3.75. The molecular formula is C18H17N7O2. The van der Waals surface area contributed by atoms with Gasteiger partial charge in [-0.25, -0.2) is 4.98 Å². The standard InChI is InChI=1S/C18H17N7O2/c1-24-10-16(22-23-24)21-17(26)11-25-15-6-5-12(8-13(15)9-20-25)14-4-3-7-19-18(14)27-2/h3-10H,11H2,1-2H3,(H,21,26). The molecule has 0 radical (unpaired) electrons. The van der Waals surface area contributed by atoms with E-state index in [0.717, 1.165) is 22.0 Å². The molecule has 3 heterocycles. The number of benzene rings is 1. The number of nitrogens with zero attached hydrogens (tertiary/aromatic N) is 6. The van der Waals surface area contributed by atoms with Gasteiger partial charge in [0.15, 0.2) is 5.82 Å². The molecule has 0 bridgehead atoms. The number of carbonyl (C=O) groups excluding carboxylic acids is 1. The first-order chi connectivity index (χ1) is 13.1. The molecule has 0 saturated heterocycles. The van der Waals surface area contributed by atoms with Crippen molar-refractivity contribution in [2.75, 3.05) is 12.4 Å². The smallest absolute Gasteiger partial charge is 0.247 e. The molecule has 4 aromatic rings. The lowest BCUT2D eigenvalue weighted by atomic mass is 10.1. The van der Waals surface area contributed by atoms with Gasteiger partial charge in [0.1, 0.15) is 6.54 Å². The van der Waals surface area contributed by atoms with Crippen LogP contribution in [0.25, 0.3) is 22.0 Å². The molecule has 4 rings (SSSR count). The van der Waals surface area contributed by atoms with Crippen LogP contribution in [0.15, 0.2) is 48.9 Å². The summed E-state index contributed by atoms with van der Waals surface area (Å²) in [5.74, 6) is 0.746. The van der Waals surface area contributed by atoms with Crippen LogP contribution in [-0.4, -0.2) is 42.8 Å². The summed E-state index contributed by atoms with van der Waals surface area (Å²) in [5, 5.41) is 15.6. The maximum absolute atomic E-state index is 12.2. The fraction of sp³-hybridized carbons (Fsp3) is 0.167. The monoisotopic (exact) mass is 363 g/mol. The molecule has 136 valence electrons. The SMILES string of the molecule is COc1ncccc1-c1ccc2c(cnn2CC(=O)Nc2cn(C)nn2)c1. The summed E-state index contributed by atoms with van der Waals surface area (Å²) < 4.78 is 8.50. The van der Waals surface area contributed by atoms with Gasteiger partial charge in [-0.2, -0.15) is 5.10 Å². The van der Waals surface area contributed by atoms with Crippen LogP contribution in [-0.2, 0) is 18.4 Å². The zero-order valence-corrected chi connectivity index (χ0v) is 14.8. The van der Waals surface area contributed by atoms with Crippen LogP contribution in [0.5, 0.6) is 5.88 Å². The first-order valence-corrected chi connectivity index (χ1v) is 8.25. The zero-order valence-electron chi connectivity index (χ0n) is 14.8. The number of methoxy groups -OCH3 is 1. The second-order valence-electron chi connectivity index (χ2n) is 5.96. The molecule has 0 saturated carbocycles. The average molecular weight is 363 g/mol. The Balaban J connectivity index is 1.58. The number of fused-ring (bicyclic) bond motifs is 1. The van der Waals surface area contributed by atoms with Crippen LogP contribution in [0.4, 0.5) is 5.82 Å². The normalized spacial score (nSPS) is 10.9. The van der Waals surface area contributed by atoms with Crippen molar-refractivity contribution in [3.8, 4) is 17.0 Å². The van der Waals surface area contributed by atoms with Crippen LogP contribution in [0.3, 0.4) is 0 Å². The number of aromatic nitrogens is 6. The number of carbonyl (C=O) groups is 1. The summed E-state index contributed by atoms with van der Waals surface area (Å²) in [7, 11) is 3.33. The zero-order chi connectivity index (χ0) is 18.8. The Morgan fingerprint density at radius 3 is 2.96 bits per heavy atom. The summed E-state index contributed by atoms with van der Waals surface area (Å²) >= 11 is 0. The lowest BCUT2D eigenvalue weighted by molar-refractivity contribution is -0.116. The molecule has 1 aromatic carbocycles. The minimum atomic E-state index is -0.224. The number of hydrogen-bond donors (Lipinski definition) is 1. The molecule has 0 aliphatic rings. The molecular weight excluding hydrogens is 346 g/mol. The van der Waals surface area contributed by atoms with E-state index in [-0.39, 0.29) is 12.5 Å². The molecule has 0 atom stereocenters. The highest BCUT2D eigenvalue weighted by atomic mass is 16.5. The first-order valence-electron chi connectivity index (χ1n) is 8.25. The van der Waals surface area contributed by atoms with Gasteiger partial charge in [-0.1, -0.05) is 11.3 Å². The minimum absolute atomic E-state index is 0.0790. The molecule has 0 aliphatic carbocycles. The van der Waals surface area contributed by atoms with Crippen LogP contribution in [0.2, 0.25) is 0 Å². The highest BCUT2D eigenvalue weighted by Crippen LogP contribution is 2.30. The Morgan fingerprint density at radius 1 is 1.30 bits per heavy atom. The highest BCUT2D eigenvalue weighted by Gasteiger charge is 2.12. The van der Waals surface area contributed by atoms with Crippen LogP contribution < -0.4 is 10.1 Å². The molecule has 0 unspecified atom stereocenters. The van der Waals surface area contributed by atoms with Crippen LogP contribution in [0.1, 0.15) is 0 Å². The van der Waals surface area contributed by atoms with E-state index in [1.54, 1.807) is 37.4 Å². The molecule has 27 heavy (non-hydrogen) atoms. The van der Waals surface area contributed by atoms with Crippen molar-refractivity contribution in [3.05, 3.63) is 48.9 Å². The summed E-state index contributed by atoms with van der Waals surface area (Å²) in [6.45, 7) is 0.0790. The van der Waals surface area contributed by atoms with E-state index in [4.69, 9.17) is 4.74 Å². The van der Waals surface area contributed by atoms with E-state index in [1.807, 2.05) is 30.3 Å². The number of amides is 1. The second-order valence-corrected chi connectivity index (χ2v) is 5.96. The van der Waals surface area contributed by atoms with Crippen molar-refractivity contribution < 1.29 is 9.53 Å². The number of pyridine rings is 1. The third-order valence-electron chi connectivity index (χ3n) is 4.08. The van der Waals surface area contributed by atoms with Gasteiger partial charge in [0.25, 0.3) is 0 Å². The van der Waals surface area contributed by atoms with Gasteiger partial charge in [-0.15, -0.1) is 5.10 Å². The number of ether oxygens (including phenoxy) is 1. The van der Waals surface area contributed by atoms with Crippen molar-refractivity contribution >= 4 is 22.6 Å². The summed E-state index contributed by atoms with van der Waals surface area (Å²) in [6, 6.07) is 9.70. The molecule has 0 spiro atoms. The average Bonchev–Trinajstić information content (AvgIpc) is 3.27. The maximum atomic E-state index is 12.2. The number of anilines is 1. The number of aryl methyl sites for hydroxylation is 1. The van der Waals surface area contributed by atoms with Gasteiger partial charge in [-0.05, 0) is 29.8 Å². The van der Waals surface area contributed by atoms with Gasteiger partial charge < -0.3 is 10.1 Å². The van der Waals surface area contributed by atoms with E-state index in [0.29, 0.717) is 11.7 Å². The topological polar surface area (TPSA) is 99.8 Å². The third-order valence-corrected chi connectivity index (χ3v) is 4.08. The number of nitrogens with one attached hydrogen (secondary N) is 1. The van der Waals surface area contributed by atoms with Gasteiger partial charge in [0.2, 0.25) is 11.8 Å². The highest BCUT2D eigenvalue weighted by molar-refractivity contribution is 5.91. The molecule has 3 aromatic heterocycles. The van der Waals surface area contributed by atoms with Crippen molar-refractivity contribution in [1.29, 1.82) is 0 Å². The van der Waals surface area contributed by atoms with Gasteiger partial charge >= 0.3 is 0 Å². The number of hydrogen-bond acceptors (Lipinski definition) is 6. The lowest BCUT2D eigenvalue weighted by Crippen LogP contribution is -2.19. The Labute approximate surface area is 154 Å². The fourth-order valence-corrected chi connectivity index (χ4v) is 2.88. The summed E-state index contributed by atoms with van der Waals surface area (Å²) in [5.41, 5.74) is 2.72. The molecule has 0 aliphatic heterocycles.